The number of carbonyl (C=O) groups excluding carboxylic acids is 1. The molecular formula is C27H27F3N2O9S. The predicted molar refractivity (Wildman–Crippen MR) is 142 cm³/mol. The van der Waals surface area contributed by atoms with Crippen LogP contribution in [0.1, 0.15) is 18.1 Å². The van der Waals surface area contributed by atoms with E-state index in [-0.39, 0.29) is 17.1 Å². The van der Waals surface area contributed by atoms with Crippen LogP contribution < -0.4 is 14.2 Å². The first-order valence-electron chi connectivity index (χ1n) is 12.0. The third-order valence-corrected chi connectivity index (χ3v) is 8.02. The number of nitro benzene ring substituents is 1. The molecule has 0 bridgehead atoms. The summed E-state index contributed by atoms with van der Waals surface area (Å²) in [5.74, 6) is -1.66. The molecule has 0 amide bonds. The molecule has 42 heavy (non-hydrogen) atoms. The summed E-state index contributed by atoms with van der Waals surface area (Å²) in [5, 5.41) is 11.6. The summed E-state index contributed by atoms with van der Waals surface area (Å²) in [7, 11) is -1.54. The van der Waals surface area contributed by atoms with Crippen molar-refractivity contribution in [3.8, 4) is 11.5 Å². The monoisotopic (exact) mass is 612 g/mol. The number of sulfonamides is 1. The van der Waals surface area contributed by atoms with Gasteiger partial charge in [0.2, 0.25) is 10.0 Å². The van der Waals surface area contributed by atoms with Gasteiger partial charge in [0, 0.05) is 24.3 Å². The fourth-order valence-corrected chi connectivity index (χ4v) is 5.84. The number of alkyl halides is 3. The molecule has 0 unspecified atom stereocenters. The number of halogens is 3. The molecule has 0 heterocycles. The van der Waals surface area contributed by atoms with Crippen molar-refractivity contribution >= 4 is 21.7 Å². The van der Waals surface area contributed by atoms with E-state index in [9.17, 15) is 36.5 Å². The van der Waals surface area contributed by atoms with Gasteiger partial charge in [0.15, 0.2) is 4.90 Å². The van der Waals surface area contributed by atoms with E-state index >= 15 is 0 Å². The molecule has 0 aliphatic heterocycles. The minimum absolute atomic E-state index is 0.0194. The molecule has 0 spiro atoms. The fraction of sp³-hybridized carbons (Fsp3) is 0.296. The molecule has 0 saturated heterocycles. The van der Waals surface area contributed by atoms with Crippen LogP contribution in [0.4, 0.5) is 18.9 Å². The van der Waals surface area contributed by atoms with Gasteiger partial charge in [-0.05, 0) is 31.2 Å². The molecule has 3 aromatic carbocycles. The Morgan fingerprint density at radius 3 is 2.12 bits per heavy atom. The first-order valence-corrected chi connectivity index (χ1v) is 13.5. The van der Waals surface area contributed by atoms with Crippen LogP contribution >= 0.6 is 0 Å². The Labute approximate surface area is 239 Å². The Kier molecular flexibility index (Phi) is 9.49. The molecule has 1 N–H and O–H groups in total. The minimum Gasteiger partial charge on any atom is -0.497 e. The van der Waals surface area contributed by atoms with Crippen molar-refractivity contribution in [1.82, 2.24) is 4.72 Å². The van der Waals surface area contributed by atoms with Crippen LogP contribution in [-0.4, -0.2) is 53.4 Å². The van der Waals surface area contributed by atoms with Gasteiger partial charge in [-0.15, -0.1) is 0 Å². The summed E-state index contributed by atoms with van der Waals surface area (Å²) in [4.78, 5) is 23.2. The zero-order valence-electron chi connectivity index (χ0n) is 22.8. The van der Waals surface area contributed by atoms with E-state index in [0.29, 0.717) is 7.11 Å². The van der Waals surface area contributed by atoms with E-state index in [4.69, 9.17) is 18.9 Å². The van der Waals surface area contributed by atoms with Crippen molar-refractivity contribution < 1.29 is 50.3 Å². The summed E-state index contributed by atoms with van der Waals surface area (Å²) in [6, 6.07) is 14.7. The molecule has 0 saturated carbocycles. The smallest absolute Gasteiger partial charge is 0.432 e. The molecule has 0 aromatic heterocycles. The number of methoxy groups -OCH3 is 3. The van der Waals surface area contributed by atoms with Crippen molar-refractivity contribution in [2.45, 2.75) is 29.1 Å². The lowest BCUT2D eigenvalue weighted by atomic mass is 9.91. The van der Waals surface area contributed by atoms with Crippen LogP contribution in [0.2, 0.25) is 0 Å². The minimum atomic E-state index is -5.30. The number of nitrogens with one attached hydrogen (secondary N) is 1. The Balaban J connectivity index is 2.17. The average Bonchev–Trinajstić information content (AvgIpc) is 2.96. The number of nitro groups is 1. The number of para-hydroxylation sites is 1. The van der Waals surface area contributed by atoms with Gasteiger partial charge in [0.05, 0.1) is 24.7 Å². The maximum atomic E-state index is 14.4. The van der Waals surface area contributed by atoms with Crippen LogP contribution in [-0.2, 0) is 35.4 Å². The molecule has 0 aliphatic carbocycles. The third kappa shape index (κ3) is 6.17. The van der Waals surface area contributed by atoms with Crippen molar-refractivity contribution in [1.29, 1.82) is 0 Å². The lowest BCUT2D eigenvalue weighted by Crippen LogP contribution is -2.54. The zero-order chi connectivity index (χ0) is 31.3. The van der Waals surface area contributed by atoms with Crippen LogP contribution in [0.5, 0.6) is 11.5 Å². The summed E-state index contributed by atoms with van der Waals surface area (Å²) >= 11 is 0. The summed E-state index contributed by atoms with van der Waals surface area (Å²) < 4.78 is 93.2. The number of nitrogens with zero attached hydrogens (tertiary/aromatic N) is 1. The van der Waals surface area contributed by atoms with E-state index in [0.717, 1.165) is 24.3 Å². The first kappa shape index (κ1) is 32.3. The van der Waals surface area contributed by atoms with E-state index < -0.39 is 61.0 Å². The highest BCUT2D eigenvalue weighted by atomic mass is 32.2. The maximum Gasteiger partial charge on any atom is 0.432 e. The Morgan fingerprint density at radius 1 is 0.952 bits per heavy atom. The molecule has 15 heteroatoms. The highest BCUT2D eigenvalue weighted by Gasteiger charge is 2.64. The zero-order valence-corrected chi connectivity index (χ0v) is 23.6. The van der Waals surface area contributed by atoms with Crippen molar-refractivity contribution in [2.24, 2.45) is 0 Å². The number of hydrogen-bond acceptors (Lipinski definition) is 9. The normalized spacial score (nSPS) is 14.7. The van der Waals surface area contributed by atoms with Gasteiger partial charge >= 0.3 is 12.1 Å². The second-order valence-electron chi connectivity index (χ2n) is 9.05. The largest absolute Gasteiger partial charge is 0.497 e. The van der Waals surface area contributed by atoms with E-state index in [1.807, 2.05) is 0 Å². The summed E-state index contributed by atoms with van der Waals surface area (Å²) in [5.41, 5.74) is -6.99. The van der Waals surface area contributed by atoms with Crippen molar-refractivity contribution in [3.05, 3.63) is 94.0 Å². The molecule has 226 valence electrons. The van der Waals surface area contributed by atoms with Crippen LogP contribution in [0, 0.1) is 10.1 Å². The number of hydrogen-bond donors (Lipinski definition) is 1. The topological polar surface area (TPSA) is 143 Å². The molecule has 2 atom stereocenters. The molecule has 3 rings (SSSR count). The number of benzene rings is 3. The van der Waals surface area contributed by atoms with Crippen molar-refractivity contribution in [2.75, 3.05) is 27.9 Å². The number of carbonyl (C=O) groups is 1. The quantitative estimate of drug-likeness (QED) is 0.178. The van der Waals surface area contributed by atoms with Gasteiger partial charge < -0.3 is 18.9 Å². The van der Waals surface area contributed by atoms with Gasteiger partial charge in [-0.1, -0.05) is 42.5 Å². The lowest BCUT2D eigenvalue weighted by molar-refractivity contribution is -0.387. The van der Waals surface area contributed by atoms with Gasteiger partial charge in [-0.2, -0.15) is 17.9 Å². The van der Waals surface area contributed by atoms with Gasteiger partial charge in [0.1, 0.15) is 18.1 Å². The van der Waals surface area contributed by atoms with Gasteiger partial charge in [0.25, 0.3) is 11.3 Å². The van der Waals surface area contributed by atoms with Gasteiger partial charge in [-0.3, -0.25) is 10.1 Å². The number of ether oxygens (including phenoxy) is 4. The standard InChI is InChI=1S/C27H27F3N2O9S/c1-25(20-16-19(38-2)14-15-22(20)39-3,31-42(36,37)23-13-9-8-12-21(23)32(34)35)17-41-24(33)26(40-4,27(28,29)30)18-10-6-5-7-11-18/h5-16,31H,17H2,1-4H3/t25-,26+/m1/s1. The summed E-state index contributed by atoms with van der Waals surface area (Å²) in [6.45, 7) is 0.164. The van der Waals surface area contributed by atoms with E-state index in [2.05, 4.69) is 4.72 Å². The SMILES string of the molecule is COc1ccc(OC)c([C@@](C)(COC(=O)[C@@](OC)(c2ccccc2)C(F)(F)F)NS(=O)(=O)c2ccccc2[N+](=O)[O-])c1. The van der Waals surface area contributed by atoms with Crippen LogP contribution in [0.25, 0.3) is 0 Å². The van der Waals surface area contributed by atoms with Crippen LogP contribution in [0.3, 0.4) is 0 Å². The second-order valence-corrected chi connectivity index (χ2v) is 10.7. The maximum absolute atomic E-state index is 14.4. The molecule has 11 nitrogen and oxygen atoms in total. The first-order chi connectivity index (χ1) is 19.7. The molecule has 3 aromatic rings. The Morgan fingerprint density at radius 2 is 1.57 bits per heavy atom. The third-order valence-electron chi connectivity index (χ3n) is 6.38. The predicted octanol–water partition coefficient (Wildman–Crippen LogP) is 4.45. The Bertz CT molecular complexity index is 1550. The molecule has 0 radical (unpaired) electrons. The van der Waals surface area contributed by atoms with Crippen molar-refractivity contribution in [3.63, 3.8) is 0 Å². The molecular weight excluding hydrogens is 585 g/mol. The second kappa shape index (κ2) is 12.3. The van der Waals surface area contributed by atoms with E-state index in [1.165, 1.54) is 69.7 Å². The fourth-order valence-electron chi connectivity index (χ4n) is 4.29. The van der Waals surface area contributed by atoms with E-state index in [1.54, 1.807) is 0 Å². The molecule has 0 aliphatic rings. The van der Waals surface area contributed by atoms with Crippen LogP contribution in [0.15, 0.2) is 77.7 Å². The van der Waals surface area contributed by atoms with Gasteiger partial charge in [-0.25, -0.2) is 13.2 Å². The highest BCUT2D eigenvalue weighted by molar-refractivity contribution is 7.89. The number of rotatable bonds is 12. The average molecular weight is 613 g/mol. The Hall–Kier alpha value is -4.21. The molecule has 0 fully saturated rings. The highest BCUT2D eigenvalue weighted by Crippen LogP contribution is 2.44. The summed E-state index contributed by atoms with van der Waals surface area (Å²) in [6.07, 6.45) is -5.30. The number of esters is 1. The lowest BCUT2D eigenvalue weighted by Gasteiger charge is -2.35.